The fraction of sp³-hybridized carbons (Fsp3) is 0.205. The van der Waals surface area contributed by atoms with Crippen LogP contribution in [0.25, 0.3) is 11.1 Å². The van der Waals surface area contributed by atoms with Gasteiger partial charge in [-0.3, -0.25) is 4.79 Å². The van der Waals surface area contributed by atoms with Gasteiger partial charge in [-0.05, 0) is 78.3 Å². The zero-order valence-electron chi connectivity index (χ0n) is 24.5. The molecule has 7 rings (SSSR count). The van der Waals surface area contributed by atoms with Crippen LogP contribution >= 0.6 is 0 Å². The van der Waals surface area contributed by atoms with Crippen molar-refractivity contribution in [3.63, 3.8) is 0 Å². The number of hydrogen-bond acceptors (Lipinski definition) is 4. The van der Waals surface area contributed by atoms with Gasteiger partial charge in [0.1, 0.15) is 18.1 Å². The monoisotopic (exact) mass is 581 g/mol. The van der Waals surface area contributed by atoms with Gasteiger partial charge in [-0.25, -0.2) is 0 Å². The maximum atomic E-state index is 14.3. The molecule has 5 aromatic carbocycles. The van der Waals surface area contributed by atoms with Gasteiger partial charge < -0.3 is 19.8 Å². The molecule has 1 spiro atoms. The number of aromatic hydroxyl groups is 1. The van der Waals surface area contributed by atoms with Crippen molar-refractivity contribution in [3.05, 3.63) is 150 Å². The summed E-state index contributed by atoms with van der Waals surface area (Å²) >= 11 is 0. The predicted molar refractivity (Wildman–Crippen MR) is 172 cm³/mol. The summed E-state index contributed by atoms with van der Waals surface area (Å²) in [5, 5.41) is 21.9. The average molecular weight is 582 g/mol. The Morgan fingerprint density at radius 2 is 1.34 bits per heavy atom. The standard InChI is InChI=1S/C39H35NO4/c41-33-18-10-13-29(25-33)30-19-20-34(35(26-30)44-27-28-11-4-1-5-12-28)36-38(37(42)40(36)32-16-8-3-9-17-32)21-23-39(43,24-22-38)31-14-6-2-7-15-31/h1-20,25-26,36,41,43H,21-24,27H2/t36-,38?,39?/m1/s1. The van der Waals surface area contributed by atoms with Gasteiger partial charge in [-0.2, -0.15) is 0 Å². The molecule has 0 bridgehead atoms. The number of aliphatic hydroxyl groups is 1. The van der Waals surface area contributed by atoms with Gasteiger partial charge in [0, 0.05) is 11.3 Å². The number of hydrogen-bond donors (Lipinski definition) is 2. The van der Waals surface area contributed by atoms with Crippen LogP contribution in [-0.4, -0.2) is 16.1 Å². The molecule has 5 heteroatoms. The number of benzene rings is 5. The Morgan fingerprint density at radius 3 is 2.02 bits per heavy atom. The summed E-state index contributed by atoms with van der Waals surface area (Å²) in [5.74, 6) is 0.997. The Hall–Kier alpha value is -4.87. The van der Waals surface area contributed by atoms with E-state index in [2.05, 4.69) is 6.07 Å². The number of ether oxygens (including phenoxy) is 1. The van der Waals surface area contributed by atoms with Gasteiger partial charge in [0.2, 0.25) is 5.91 Å². The van der Waals surface area contributed by atoms with Crippen molar-refractivity contribution in [2.45, 2.75) is 43.9 Å². The van der Waals surface area contributed by atoms with E-state index < -0.39 is 11.0 Å². The lowest BCUT2D eigenvalue weighted by atomic mass is 9.56. The number of nitrogens with zero attached hydrogens (tertiary/aromatic N) is 1. The number of phenols is 1. The Labute approximate surface area is 258 Å². The lowest BCUT2D eigenvalue weighted by molar-refractivity contribution is -0.149. The highest BCUT2D eigenvalue weighted by Crippen LogP contribution is 2.62. The predicted octanol–water partition coefficient (Wildman–Crippen LogP) is 8.17. The number of para-hydroxylation sites is 1. The van der Waals surface area contributed by atoms with Crippen LogP contribution in [0.15, 0.2) is 133 Å². The summed E-state index contributed by atoms with van der Waals surface area (Å²) in [7, 11) is 0. The molecule has 1 aliphatic heterocycles. The van der Waals surface area contributed by atoms with Gasteiger partial charge in [0.05, 0.1) is 17.1 Å². The lowest BCUT2D eigenvalue weighted by Gasteiger charge is -2.59. The molecule has 2 aliphatic rings. The minimum Gasteiger partial charge on any atom is -0.508 e. The van der Waals surface area contributed by atoms with Crippen LogP contribution in [0.4, 0.5) is 5.69 Å². The molecule has 5 nitrogen and oxygen atoms in total. The number of phenolic OH excluding ortho intramolecular Hbond substituents is 1. The zero-order valence-corrected chi connectivity index (χ0v) is 24.5. The van der Waals surface area contributed by atoms with E-state index in [1.165, 1.54) is 0 Å². The minimum atomic E-state index is -0.962. The number of rotatable bonds is 7. The Bertz CT molecular complexity index is 1760. The molecule has 0 radical (unpaired) electrons. The third-order valence-corrected chi connectivity index (χ3v) is 9.47. The smallest absolute Gasteiger partial charge is 0.236 e. The highest BCUT2D eigenvalue weighted by atomic mass is 16.5. The Morgan fingerprint density at radius 1 is 0.705 bits per heavy atom. The van der Waals surface area contributed by atoms with E-state index in [4.69, 9.17) is 4.74 Å². The zero-order chi connectivity index (χ0) is 30.1. The molecule has 1 saturated heterocycles. The van der Waals surface area contributed by atoms with E-state index in [0.717, 1.165) is 33.5 Å². The summed E-state index contributed by atoms with van der Waals surface area (Å²) in [6.45, 7) is 0.379. The highest BCUT2D eigenvalue weighted by Gasteiger charge is 2.64. The largest absolute Gasteiger partial charge is 0.508 e. The van der Waals surface area contributed by atoms with Gasteiger partial charge in [-0.1, -0.05) is 103 Å². The molecule has 220 valence electrons. The molecule has 44 heavy (non-hydrogen) atoms. The van der Waals surface area contributed by atoms with E-state index in [1.54, 1.807) is 12.1 Å². The summed E-state index contributed by atoms with van der Waals surface area (Å²) in [4.78, 5) is 16.2. The van der Waals surface area contributed by atoms with Gasteiger partial charge in [-0.15, -0.1) is 0 Å². The van der Waals surface area contributed by atoms with Crippen molar-refractivity contribution in [1.29, 1.82) is 0 Å². The van der Waals surface area contributed by atoms with Crippen LogP contribution in [0, 0.1) is 5.41 Å². The summed E-state index contributed by atoms with van der Waals surface area (Å²) in [6, 6.07) is 42.8. The second-order valence-corrected chi connectivity index (χ2v) is 12.0. The topological polar surface area (TPSA) is 70.0 Å². The van der Waals surface area contributed by atoms with Crippen LogP contribution in [0.3, 0.4) is 0 Å². The Balaban J connectivity index is 1.30. The van der Waals surface area contributed by atoms with Crippen LogP contribution < -0.4 is 9.64 Å². The molecule has 0 aromatic heterocycles. The molecular formula is C39H35NO4. The number of carbonyl (C=O) groups is 1. The number of carbonyl (C=O) groups excluding carboxylic acids is 1. The fourth-order valence-electron chi connectivity index (χ4n) is 7.07. The Kier molecular flexibility index (Phi) is 7.19. The molecule has 1 saturated carbocycles. The second kappa shape index (κ2) is 11.3. The van der Waals surface area contributed by atoms with Crippen LogP contribution in [-0.2, 0) is 17.0 Å². The number of amides is 1. The van der Waals surface area contributed by atoms with Gasteiger partial charge in [0.25, 0.3) is 0 Å². The molecule has 1 heterocycles. The SMILES string of the molecule is O=C1N(c2ccccc2)[C@H](c2ccc(-c3cccc(O)c3)cc2OCc2ccccc2)C12CCC(O)(c1ccccc1)CC2. The lowest BCUT2D eigenvalue weighted by Crippen LogP contribution is -2.65. The first-order valence-electron chi connectivity index (χ1n) is 15.2. The molecule has 2 fully saturated rings. The van der Waals surface area contributed by atoms with Crippen LogP contribution in [0.2, 0.25) is 0 Å². The third kappa shape index (κ3) is 4.93. The molecule has 0 unspecified atom stereocenters. The normalized spacial score (nSPS) is 22.9. The second-order valence-electron chi connectivity index (χ2n) is 12.0. The summed E-state index contributed by atoms with van der Waals surface area (Å²) in [5.41, 5.74) is 3.92. The van der Waals surface area contributed by atoms with E-state index in [-0.39, 0.29) is 17.7 Å². The van der Waals surface area contributed by atoms with Gasteiger partial charge >= 0.3 is 0 Å². The van der Waals surface area contributed by atoms with E-state index in [1.807, 2.05) is 120 Å². The van der Waals surface area contributed by atoms with E-state index >= 15 is 0 Å². The molecule has 2 N–H and O–H groups in total. The highest BCUT2D eigenvalue weighted by molar-refractivity contribution is 6.06. The van der Waals surface area contributed by atoms with Crippen molar-refractivity contribution >= 4 is 11.6 Å². The molecule has 1 aliphatic carbocycles. The van der Waals surface area contributed by atoms with E-state index in [9.17, 15) is 15.0 Å². The maximum Gasteiger partial charge on any atom is 0.236 e. The van der Waals surface area contributed by atoms with Crippen molar-refractivity contribution in [2.75, 3.05) is 4.90 Å². The molecule has 5 aromatic rings. The fourth-order valence-corrected chi connectivity index (χ4v) is 7.07. The average Bonchev–Trinajstić information content (AvgIpc) is 3.08. The van der Waals surface area contributed by atoms with Crippen molar-refractivity contribution in [2.24, 2.45) is 5.41 Å². The van der Waals surface area contributed by atoms with Crippen molar-refractivity contribution in [3.8, 4) is 22.6 Å². The molecule has 1 atom stereocenters. The van der Waals surface area contributed by atoms with E-state index in [0.29, 0.717) is 38.0 Å². The number of β-lactam (4-membered cyclic amide) rings is 1. The maximum absolute atomic E-state index is 14.3. The van der Waals surface area contributed by atoms with Gasteiger partial charge in [0.15, 0.2) is 0 Å². The van der Waals surface area contributed by atoms with Crippen molar-refractivity contribution in [1.82, 2.24) is 0 Å². The third-order valence-electron chi connectivity index (χ3n) is 9.47. The molecular weight excluding hydrogens is 546 g/mol. The number of anilines is 1. The first-order chi connectivity index (χ1) is 21.5. The van der Waals surface area contributed by atoms with Crippen LogP contribution in [0.1, 0.15) is 48.4 Å². The summed E-state index contributed by atoms with van der Waals surface area (Å²) < 4.78 is 6.59. The minimum absolute atomic E-state index is 0.0925. The first-order valence-corrected chi connectivity index (χ1v) is 15.2. The first kappa shape index (κ1) is 27.9. The molecule has 1 amide bonds. The van der Waals surface area contributed by atoms with Crippen LogP contribution in [0.5, 0.6) is 11.5 Å². The summed E-state index contributed by atoms with van der Waals surface area (Å²) in [6.07, 6.45) is 2.14. The van der Waals surface area contributed by atoms with Crippen molar-refractivity contribution < 1.29 is 19.7 Å². The quantitative estimate of drug-likeness (QED) is 0.190.